The van der Waals surface area contributed by atoms with E-state index in [1.807, 2.05) is 45.3 Å². The number of nitrogens with zero attached hydrogens (tertiary/aromatic N) is 2. The van der Waals surface area contributed by atoms with E-state index in [1.165, 1.54) is 5.56 Å². The smallest absolute Gasteiger partial charge is 0.254 e. The zero-order valence-electron chi connectivity index (χ0n) is 13.0. The highest BCUT2D eigenvalue weighted by molar-refractivity contribution is 5.94. The van der Waals surface area contributed by atoms with Crippen LogP contribution in [0.3, 0.4) is 0 Å². The summed E-state index contributed by atoms with van der Waals surface area (Å²) in [5.74, 6) is 0.000605. The molecule has 5 nitrogen and oxygen atoms in total. The van der Waals surface area contributed by atoms with Gasteiger partial charge in [-0.05, 0) is 38.7 Å². The van der Waals surface area contributed by atoms with Crippen LogP contribution in [0, 0.1) is 0 Å². The van der Waals surface area contributed by atoms with E-state index in [9.17, 15) is 9.90 Å². The van der Waals surface area contributed by atoms with Crippen molar-refractivity contribution in [2.24, 2.45) is 0 Å². The summed E-state index contributed by atoms with van der Waals surface area (Å²) in [5.41, 5.74) is 1.86. The lowest BCUT2D eigenvalue weighted by Crippen LogP contribution is -2.52. The Kier molecular flexibility index (Phi) is 5.33. The van der Waals surface area contributed by atoms with Crippen LogP contribution in [0.2, 0.25) is 0 Å². The predicted molar refractivity (Wildman–Crippen MR) is 81.2 cm³/mol. The van der Waals surface area contributed by atoms with E-state index in [1.54, 1.807) is 4.90 Å². The molecule has 0 aliphatic carbocycles. The summed E-state index contributed by atoms with van der Waals surface area (Å²) in [6.07, 6.45) is -0.279. The van der Waals surface area contributed by atoms with E-state index >= 15 is 0 Å². The van der Waals surface area contributed by atoms with Crippen molar-refractivity contribution in [1.82, 2.24) is 9.80 Å². The monoisotopic (exact) mass is 292 g/mol. The van der Waals surface area contributed by atoms with Crippen LogP contribution in [-0.2, 0) is 11.3 Å². The Hall–Kier alpha value is -1.43. The van der Waals surface area contributed by atoms with E-state index in [-0.39, 0.29) is 24.7 Å². The molecule has 1 saturated heterocycles. The molecule has 1 aliphatic heterocycles. The minimum Gasteiger partial charge on any atom is -0.394 e. The number of hydrogen-bond donors (Lipinski definition) is 1. The van der Waals surface area contributed by atoms with Gasteiger partial charge in [0.2, 0.25) is 0 Å². The van der Waals surface area contributed by atoms with E-state index in [0.717, 1.165) is 6.54 Å². The van der Waals surface area contributed by atoms with Gasteiger partial charge in [0.15, 0.2) is 0 Å². The lowest BCUT2D eigenvalue weighted by atomic mass is 10.1. The van der Waals surface area contributed by atoms with Gasteiger partial charge in [-0.3, -0.25) is 4.79 Å². The highest BCUT2D eigenvalue weighted by Gasteiger charge is 2.29. The molecule has 1 N–H and O–H groups in total. The zero-order valence-corrected chi connectivity index (χ0v) is 13.0. The largest absolute Gasteiger partial charge is 0.394 e. The van der Waals surface area contributed by atoms with Gasteiger partial charge in [-0.2, -0.15) is 0 Å². The van der Waals surface area contributed by atoms with Crippen LogP contribution >= 0.6 is 0 Å². The number of carbonyl (C=O) groups is 1. The Balaban J connectivity index is 2.07. The molecule has 1 aromatic carbocycles. The number of benzene rings is 1. The van der Waals surface area contributed by atoms with Crippen LogP contribution in [0.15, 0.2) is 24.3 Å². The Morgan fingerprint density at radius 1 is 1.38 bits per heavy atom. The maximum absolute atomic E-state index is 12.6. The molecule has 1 heterocycles. The summed E-state index contributed by atoms with van der Waals surface area (Å²) in [4.78, 5) is 16.5. The van der Waals surface area contributed by atoms with Gasteiger partial charge >= 0.3 is 0 Å². The quantitative estimate of drug-likeness (QED) is 0.898. The van der Waals surface area contributed by atoms with Gasteiger partial charge in [0.05, 0.1) is 25.4 Å². The normalized spacial score (nSPS) is 22.6. The summed E-state index contributed by atoms with van der Waals surface area (Å²) in [7, 11) is 4.03. The van der Waals surface area contributed by atoms with Crippen LogP contribution in [0.1, 0.15) is 22.8 Å². The molecule has 1 aromatic rings. The molecule has 21 heavy (non-hydrogen) atoms. The van der Waals surface area contributed by atoms with Crippen molar-refractivity contribution in [1.29, 1.82) is 0 Å². The Morgan fingerprint density at radius 2 is 2.05 bits per heavy atom. The van der Waals surface area contributed by atoms with Gasteiger partial charge in [0.25, 0.3) is 5.91 Å². The van der Waals surface area contributed by atoms with Crippen molar-refractivity contribution in [2.45, 2.75) is 25.6 Å². The Labute approximate surface area is 126 Å². The van der Waals surface area contributed by atoms with Crippen molar-refractivity contribution >= 4 is 5.91 Å². The molecule has 2 atom stereocenters. The number of rotatable bonds is 4. The molecular formula is C16H24N2O3. The SMILES string of the molecule is CC1COC(CO)CN1C(=O)c1ccc(CN(C)C)cc1. The number of aliphatic hydroxyl groups is 1. The third-order valence-electron chi connectivity index (χ3n) is 3.67. The number of hydrogen-bond acceptors (Lipinski definition) is 4. The fourth-order valence-electron chi connectivity index (χ4n) is 2.49. The first-order valence-electron chi connectivity index (χ1n) is 7.28. The van der Waals surface area contributed by atoms with Crippen molar-refractivity contribution in [3.63, 3.8) is 0 Å². The first-order chi connectivity index (χ1) is 10.0. The van der Waals surface area contributed by atoms with E-state index in [0.29, 0.717) is 18.7 Å². The first kappa shape index (κ1) is 15.9. The molecule has 1 aliphatic rings. The van der Waals surface area contributed by atoms with Crippen molar-refractivity contribution in [3.8, 4) is 0 Å². The lowest BCUT2D eigenvalue weighted by molar-refractivity contribution is -0.0667. The van der Waals surface area contributed by atoms with Gasteiger partial charge in [-0.1, -0.05) is 12.1 Å². The molecule has 1 fully saturated rings. The lowest BCUT2D eigenvalue weighted by Gasteiger charge is -2.37. The van der Waals surface area contributed by atoms with Gasteiger partial charge in [-0.15, -0.1) is 0 Å². The molecule has 116 valence electrons. The summed E-state index contributed by atoms with van der Waals surface area (Å²) >= 11 is 0. The Morgan fingerprint density at radius 3 is 2.62 bits per heavy atom. The maximum Gasteiger partial charge on any atom is 0.254 e. The minimum atomic E-state index is -0.279. The van der Waals surface area contributed by atoms with Crippen LogP contribution in [0.5, 0.6) is 0 Å². The summed E-state index contributed by atoms with van der Waals surface area (Å²) < 4.78 is 5.47. The van der Waals surface area contributed by atoms with E-state index < -0.39 is 0 Å². The first-order valence-corrected chi connectivity index (χ1v) is 7.28. The number of amides is 1. The van der Waals surface area contributed by atoms with Crippen LogP contribution in [0.25, 0.3) is 0 Å². The summed E-state index contributed by atoms with van der Waals surface area (Å²) in [5, 5.41) is 9.20. The molecule has 0 saturated carbocycles. The third kappa shape index (κ3) is 4.03. The average molecular weight is 292 g/mol. The van der Waals surface area contributed by atoms with Gasteiger partial charge < -0.3 is 19.6 Å². The number of carbonyl (C=O) groups excluding carboxylic acids is 1. The summed E-state index contributed by atoms with van der Waals surface area (Å²) in [6.45, 7) is 3.67. The minimum absolute atomic E-state index is 0.000605. The van der Waals surface area contributed by atoms with E-state index in [2.05, 4.69) is 4.90 Å². The van der Waals surface area contributed by atoms with Crippen LogP contribution in [-0.4, -0.2) is 66.8 Å². The van der Waals surface area contributed by atoms with Crippen molar-refractivity contribution in [2.75, 3.05) is 33.9 Å². The molecule has 2 rings (SSSR count). The molecule has 2 unspecified atom stereocenters. The zero-order chi connectivity index (χ0) is 15.4. The van der Waals surface area contributed by atoms with E-state index in [4.69, 9.17) is 4.74 Å². The number of ether oxygens (including phenoxy) is 1. The van der Waals surface area contributed by atoms with Crippen molar-refractivity contribution < 1.29 is 14.6 Å². The molecule has 0 bridgehead atoms. The number of morpholine rings is 1. The maximum atomic E-state index is 12.6. The van der Waals surface area contributed by atoms with Crippen LogP contribution in [0.4, 0.5) is 0 Å². The Bertz CT molecular complexity index is 473. The molecule has 0 radical (unpaired) electrons. The van der Waals surface area contributed by atoms with Crippen molar-refractivity contribution in [3.05, 3.63) is 35.4 Å². The van der Waals surface area contributed by atoms with Crippen LogP contribution < -0.4 is 0 Å². The fourth-order valence-corrected chi connectivity index (χ4v) is 2.49. The van der Waals surface area contributed by atoms with Gasteiger partial charge in [0, 0.05) is 18.7 Å². The number of aliphatic hydroxyl groups excluding tert-OH is 1. The topological polar surface area (TPSA) is 53.0 Å². The molecule has 5 heteroatoms. The van der Waals surface area contributed by atoms with Gasteiger partial charge in [0.1, 0.15) is 0 Å². The van der Waals surface area contributed by atoms with Gasteiger partial charge in [-0.25, -0.2) is 0 Å². The second kappa shape index (κ2) is 7.02. The second-order valence-corrected chi connectivity index (χ2v) is 5.88. The molecule has 0 aromatic heterocycles. The molecule has 1 amide bonds. The second-order valence-electron chi connectivity index (χ2n) is 5.88. The standard InChI is InChI=1S/C16H24N2O3/c1-12-11-21-15(10-19)9-18(12)16(20)14-6-4-13(5-7-14)8-17(2)3/h4-7,12,15,19H,8-11H2,1-3H3. The molecular weight excluding hydrogens is 268 g/mol. The fraction of sp³-hybridized carbons (Fsp3) is 0.562. The molecule has 0 spiro atoms. The third-order valence-corrected chi connectivity index (χ3v) is 3.67. The highest BCUT2D eigenvalue weighted by atomic mass is 16.5. The average Bonchev–Trinajstić information content (AvgIpc) is 2.47. The highest BCUT2D eigenvalue weighted by Crippen LogP contribution is 2.16. The predicted octanol–water partition coefficient (Wildman–Crippen LogP) is 0.970. The summed E-state index contributed by atoms with van der Waals surface area (Å²) in [6, 6.07) is 7.75.